The number of halogens is 2. The molecule has 0 amide bonds. The highest BCUT2D eigenvalue weighted by Gasteiger charge is 2.19. The molecule has 0 saturated heterocycles. The standard InChI is InChI=1S/C9H9BrClNO2/c1-14-9(13)8(12)5-3-2-4-6(10)7(5)11/h2-4,8H,12H2,1H3. The van der Waals surface area contributed by atoms with Gasteiger partial charge in [0.2, 0.25) is 0 Å². The number of rotatable bonds is 2. The van der Waals surface area contributed by atoms with Crippen molar-refractivity contribution in [2.24, 2.45) is 5.73 Å². The van der Waals surface area contributed by atoms with E-state index < -0.39 is 12.0 Å². The van der Waals surface area contributed by atoms with Gasteiger partial charge in [0, 0.05) is 4.47 Å². The van der Waals surface area contributed by atoms with Crippen LogP contribution in [0.15, 0.2) is 22.7 Å². The maximum absolute atomic E-state index is 11.2. The SMILES string of the molecule is COC(=O)C(N)c1cccc(Br)c1Cl. The van der Waals surface area contributed by atoms with Crippen LogP contribution in [0.5, 0.6) is 0 Å². The van der Waals surface area contributed by atoms with Gasteiger partial charge >= 0.3 is 5.97 Å². The molecule has 1 rings (SSSR count). The highest BCUT2D eigenvalue weighted by molar-refractivity contribution is 9.10. The van der Waals surface area contributed by atoms with Gasteiger partial charge in [-0.3, -0.25) is 4.79 Å². The van der Waals surface area contributed by atoms with Gasteiger partial charge in [-0.2, -0.15) is 0 Å². The Bertz CT molecular complexity index is 357. The van der Waals surface area contributed by atoms with Crippen molar-refractivity contribution in [2.75, 3.05) is 7.11 Å². The fourth-order valence-electron chi connectivity index (χ4n) is 1.01. The average molecular weight is 279 g/mol. The number of nitrogens with two attached hydrogens (primary N) is 1. The summed E-state index contributed by atoms with van der Waals surface area (Å²) in [6.07, 6.45) is 0. The molecule has 0 aliphatic heterocycles. The van der Waals surface area contributed by atoms with E-state index in [9.17, 15) is 4.79 Å². The summed E-state index contributed by atoms with van der Waals surface area (Å²) < 4.78 is 5.23. The number of methoxy groups -OCH3 is 1. The lowest BCUT2D eigenvalue weighted by Gasteiger charge is -2.11. The second kappa shape index (κ2) is 4.77. The number of carbonyl (C=O) groups excluding carboxylic acids is 1. The van der Waals surface area contributed by atoms with E-state index in [2.05, 4.69) is 20.7 Å². The maximum atomic E-state index is 11.2. The molecular formula is C9H9BrClNO2. The Hall–Kier alpha value is -0.580. The molecule has 0 saturated carbocycles. The van der Waals surface area contributed by atoms with Crippen molar-refractivity contribution >= 4 is 33.5 Å². The second-order valence-electron chi connectivity index (χ2n) is 2.64. The van der Waals surface area contributed by atoms with Crippen LogP contribution in [0.4, 0.5) is 0 Å². The minimum atomic E-state index is -0.843. The van der Waals surface area contributed by atoms with Crippen LogP contribution in [-0.4, -0.2) is 13.1 Å². The van der Waals surface area contributed by atoms with Crippen molar-refractivity contribution in [3.05, 3.63) is 33.3 Å². The van der Waals surface area contributed by atoms with Crippen LogP contribution >= 0.6 is 27.5 Å². The van der Waals surface area contributed by atoms with E-state index >= 15 is 0 Å². The molecule has 76 valence electrons. The Morgan fingerprint density at radius 2 is 2.29 bits per heavy atom. The molecule has 0 aromatic heterocycles. The van der Waals surface area contributed by atoms with E-state index in [4.69, 9.17) is 17.3 Å². The van der Waals surface area contributed by atoms with E-state index in [1.54, 1.807) is 18.2 Å². The van der Waals surface area contributed by atoms with Crippen molar-refractivity contribution < 1.29 is 9.53 Å². The van der Waals surface area contributed by atoms with E-state index in [1.807, 2.05) is 0 Å². The van der Waals surface area contributed by atoms with Crippen molar-refractivity contribution in [3.8, 4) is 0 Å². The highest BCUT2D eigenvalue weighted by atomic mass is 79.9. The number of hydrogen-bond acceptors (Lipinski definition) is 3. The van der Waals surface area contributed by atoms with Gasteiger partial charge in [-0.1, -0.05) is 23.7 Å². The average Bonchev–Trinajstić information content (AvgIpc) is 2.20. The third kappa shape index (κ3) is 2.26. The number of carbonyl (C=O) groups is 1. The first-order valence-electron chi connectivity index (χ1n) is 3.85. The Morgan fingerprint density at radius 3 is 2.86 bits per heavy atom. The number of esters is 1. The third-order valence-electron chi connectivity index (χ3n) is 1.77. The lowest BCUT2D eigenvalue weighted by molar-refractivity contribution is -0.142. The molecule has 0 spiro atoms. The first-order valence-corrected chi connectivity index (χ1v) is 5.02. The molecule has 0 bridgehead atoms. The molecule has 1 aromatic rings. The minimum absolute atomic E-state index is 0.436. The monoisotopic (exact) mass is 277 g/mol. The number of ether oxygens (including phenoxy) is 1. The van der Waals surface area contributed by atoms with Gasteiger partial charge in [0.15, 0.2) is 0 Å². The van der Waals surface area contributed by atoms with Crippen LogP contribution in [0.1, 0.15) is 11.6 Å². The Balaban J connectivity index is 3.07. The molecule has 1 aromatic carbocycles. The maximum Gasteiger partial charge on any atom is 0.327 e. The fourth-order valence-corrected chi connectivity index (χ4v) is 1.64. The van der Waals surface area contributed by atoms with E-state index in [1.165, 1.54) is 7.11 Å². The summed E-state index contributed by atoms with van der Waals surface area (Å²) in [6.45, 7) is 0. The highest BCUT2D eigenvalue weighted by Crippen LogP contribution is 2.29. The van der Waals surface area contributed by atoms with Gasteiger partial charge < -0.3 is 10.5 Å². The van der Waals surface area contributed by atoms with Crippen molar-refractivity contribution in [3.63, 3.8) is 0 Å². The minimum Gasteiger partial charge on any atom is -0.468 e. The molecule has 14 heavy (non-hydrogen) atoms. The van der Waals surface area contributed by atoms with Crippen LogP contribution in [-0.2, 0) is 9.53 Å². The van der Waals surface area contributed by atoms with Crippen LogP contribution in [0.25, 0.3) is 0 Å². The first-order chi connectivity index (χ1) is 6.57. The lowest BCUT2D eigenvalue weighted by Crippen LogP contribution is -2.22. The van der Waals surface area contributed by atoms with Gasteiger partial charge in [-0.15, -0.1) is 0 Å². The summed E-state index contributed by atoms with van der Waals surface area (Å²) >= 11 is 9.20. The van der Waals surface area contributed by atoms with Crippen molar-refractivity contribution in [1.82, 2.24) is 0 Å². The quantitative estimate of drug-likeness (QED) is 0.844. The van der Waals surface area contributed by atoms with Gasteiger partial charge in [-0.25, -0.2) is 0 Å². The van der Waals surface area contributed by atoms with Crippen molar-refractivity contribution in [2.45, 2.75) is 6.04 Å². The molecular weight excluding hydrogens is 269 g/mol. The molecule has 0 aliphatic rings. The zero-order valence-electron chi connectivity index (χ0n) is 7.46. The van der Waals surface area contributed by atoms with E-state index in [-0.39, 0.29) is 0 Å². The third-order valence-corrected chi connectivity index (χ3v) is 3.08. The van der Waals surface area contributed by atoms with Gasteiger partial charge in [0.1, 0.15) is 6.04 Å². The van der Waals surface area contributed by atoms with Gasteiger partial charge in [0.05, 0.1) is 12.1 Å². The summed E-state index contributed by atoms with van der Waals surface area (Å²) in [4.78, 5) is 11.2. The van der Waals surface area contributed by atoms with E-state index in [0.717, 1.165) is 0 Å². The first kappa shape index (κ1) is 11.5. The molecule has 0 heterocycles. The predicted molar refractivity (Wildman–Crippen MR) is 58.1 cm³/mol. The molecule has 1 unspecified atom stereocenters. The van der Waals surface area contributed by atoms with Crippen LogP contribution < -0.4 is 5.73 Å². The van der Waals surface area contributed by atoms with Crippen LogP contribution in [0, 0.1) is 0 Å². The topological polar surface area (TPSA) is 52.3 Å². The molecule has 0 radical (unpaired) electrons. The Kier molecular flexibility index (Phi) is 3.92. The van der Waals surface area contributed by atoms with Crippen molar-refractivity contribution in [1.29, 1.82) is 0 Å². The van der Waals surface area contributed by atoms with Gasteiger partial charge in [0.25, 0.3) is 0 Å². The summed E-state index contributed by atoms with van der Waals surface area (Å²) in [6, 6.07) is 4.38. The van der Waals surface area contributed by atoms with Crippen LogP contribution in [0.2, 0.25) is 5.02 Å². The molecule has 0 aliphatic carbocycles. The summed E-state index contributed by atoms with van der Waals surface area (Å²) in [7, 11) is 1.29. The van der Waals surface area contributed by atoms with E-state index in [0.29, 0.717) is 15.1 Å². The normalized spacial score (nSPS) is 12.3. The summed E-state index contributed by atoms with van der Waals surface area (Å²) in [5.41, 5.74) is 6.19. The van der Waals surface area contributed by atoms with Gasteiger partial charge in [-0.05, 0) is 27.6 Å². The lowest BCUT2D eigenvalue weighted by atomic mass is 10.1. The van der Waals surface area contributed by atoms with Crippen LogP contribution in [0.3, 0.4) is 0 Å². The molecule has 5 heteroatoms. The summed E-state index contributed by atoms with van der Waals surface area (Å²) in [5.74, 6) is -0.509. The number of benzene rings is 1. The Morgan fingerprint density at radius 1 is 1.64 bits per heavy atom. The zero-order valence-corrected chi connectivity index (χ0v) is 9.80. The number of hydrogen-bond donors (Lipinski definition) is 1. The summed E-state index contributed by atoms with van der Waals surface area (Å²) in [5, 5.41) is 0.436. The second-order valence-corrected chi connectivity index (χ2v) is 3.88. The zero-order chi connectivity index (χ0) is 10.7. The molecule has 0 fully saturated rings. The fraction of sp³-hybridized carbons (Fsp3) is 0.222. The molecule has 3 nitrogen and oxygen atoms in total. The molecule has 1 atom stereocenters. The smallest absolute Gasteiger partial charge is 0.327 e. The largest absolute Gasteiger partial charge is 0.468 e. The molecule has 2 N–H and O–H groups in total. The predicted octanol–water partition coefficient (Wildman–Crippen LogP) is 2.28. The Labute approximate surface area is 95.3 Å².